The highest BCUT2D eigenvalue weighted by atomic mass is 32.2. The second kappa shape index (κ2) is 5.92. The third-order valence-corrected chi connectivity index (χ3v) is 3.34. The first kappa shape index (κ1) is 14.3. The number of sulfonamides is 1. The van der Waals surface area contributed by atoms with Crippen LogP contribution in [0.4, 0.5) is 11.4 Å². The second-order valence-electron chi connectivity index (χ2n) is 4.61. The fourth-order valence-electron chi connectivity index (χ4n) is 1.85. The molecule has 0 spiro atoms. The van der Waals surface area contributed by atoms with Crippen molar-refractivity contribution < 1.29 is 8.42 Å². The first-order valence-electron chi connectivity index (χ1n) is 6.18. The molecule has 2 N–H and O–H groups in total. The number of nitrogens with one attached hydrogen (secondary N) is 2. The Hall–Kier alpha value is -2.08. The van der Waals surface area contributed by atoms with Gasteiger partial charge in [-0.15, -0.1) is 0 Å². The molecule has 0 saturated carbocycles. The lowest BCUT2D eigenvalue weighted by molar-refractivity contribution is 0.607. The lowest BCUT2D eigenvalue weighted by Gasteiger charge is -2.16. The predicted octanol–water partition coefficient (Wildman–Crippen LogP) is 2.63. The average molecular weight is 291 g/mol. The van der Waals surface area contributed by atoms with Gasteiger partial charge in [-0.2, -0.15) is 0 Å². The number of benzene rings is 1. The van der Waals surface area contributed by atoms with E-state index in [1.54, 1.807) is 30.6 Å². The van der Waals surface area contributed by atoms with Crippen molar-refractivity contribution in [1.29, 1.82) is 0 Å². The van der Waals surface area contributed by atoms with E-state index in [4.69, 9.17) is 0 Å². The lowest BCUT2D eigenvalue weighted by atomic mass is 10.1. The van der Waals surface area contributed by atoms with Gasteiger partial charge in [-0.3, -0.25) is 9.71 Å². The van der Waals surface area contributed by atoms with Gasteiger partial charge in [0, 0.05) is 18.1 Å². The normalized spacial score (nSPS) is 12.7. The van der Waals surface area contributed by atoms with Crippen molar-refractivity contribution in [3.05, 3.63) is 54.4 Å². The van der Waals surface area contributed by atoms with Crippen molar-refractivity contribution in [2.75, 3.05) is 16.3 Å². The molecule has 1 aromatic heterocycles. The van der Waals surface area contributed by atoms with Crippen molar-refractivity contribution in [3.8, 4) is 0 Å². The van der Waals surface area contributed by atoms with Crippen LogP contribution in [0.25, 0.3) is 0 Å². The maximum Gasteiger partial charge on any atom is 0.229 e. The number of aromatic nitrogens is 1. The maximum absolute atomic E-state index is 11.2. The molecule has 1 heterocycles. The Morgan fingerprint density at radius 1 is 1.15 bits per heavy atom. The van der Waals surface area contributed by atoms with Gasteiger partial charge in [0.1, 0.15) is 0 Å². The van der Waals surface area contributed by atoms with Crippen LogP contribution in [0.5, 0.6) is 0 Å². The molecular weight excluding hydrogens is 274 g/mol. The third-order valence-electron chi connectivity index (χ3n) is 2.73. The molecule has 0 aliphatic heterocycles. The Balaban J connectivity index is 2.12. The minimum absolute atomic E-state index is 0.0807. The van der Waals surface area contributed by atoms with Gasteiger partial charge in [0.2, 0.25) is 10.0 Å². The van der Waals surface area contributed by atoms with Crippen LogP contribution in [0, 0.1) is 0 Å². The largest absolute Gasteiger partial charge is 0.378 e. The molecule has 0 saturated heterocycles. The first-order chi connectivity index (χ1) is 9.44. The summed E-state index contributed by atoms with van der Waals surface area (Å²) in [7, 11) is -3.26. The number of hydrogen-bond acceptors (Lipinski definition) is 4. The summed E-state index contributed by atoms with van der Waals surface area (Å²) in [6, 6.07) is 11.1. The van der Waals surface area contributed by atoms with Gasteiger partial charge in [-0.25, -0.2) is 8.42 Å². The topological polar surface area (TPSA) is 71.1 Å². The first-order valence-corrected chi connectivity index (χ1v) is 8.07. The summed E-state index contributed by atoms with van der Waals surface area (Å²) in [5.41, 5.74) is 2.44. The van der Waals surface area contributed by atoms with Gasteiger partial charge >= 0.3 is 0 Å². The quantitative estimate of drug-likeness (QED) is 0.888. The van der Waals surface area contributed by atoms with Crippen LogP contribution < -0.4 is 10.0 Å². The number of pyridine rings is 1. The summed E-state index contributed by atoms with van der Waals surface area (Å²) in [5.74, 6) is 0. The summed E-state index contributed by atoms with van der Waals surface area (Å²) in [6.45, 7) is 2.02. The van der Waals surface area contributed by atoms with E-state index in [0.717, 1.165) is 17.5 Å². The van der Waals surface area contributed by atoms with Crippen LogP contribution in [-0.4, -0.2) is 19.7 Å². The van der Waals surface area contributed by atoms with Crippen molar-refractivity contribution in [1.82, 2.24) is 4.98 Å². The van der Waals surface area contributed by atoms with Gasteiger partial charge in [0.25, 0.3) is 0 Å². The Labute approximate surface area is 119 Å². The van der Waals surface area contributed by atoms with Gasteiger partial charge in [0.15, 0.2) is 0 Å². The molecule has 2 rings (SSSR count). The highest BCUT2D eigenvalue weighted by molar-refractivity contribution is 7.92. The summed E-state index contributed by atoms with van der Waals surface area (Å²) >= 11 is 0. The Bertz CT molecular complexity index is 672. The summed E-state index contributed by atoms with van der Waals surface area (Å²) < 4.78 is 24.9. The predicted molar refractivity (Wildman–Crippen MR) is 81.2 cm³/mol. The van der Waals surface area contributed by atoms with Crippen molar-refractivity contribution >= 4 is 21.4 Å². The molecule has 5 nitrogen and oxygen atoms in total. The molecule has 0 aliphatic rings. The molecule has 2 aromatic rings. The zero-order chi connectivity index (χ0) is 14.6. The van der Waals surface area contributed by atoms with E-state index in [0.29, 0.717) is 5.69 Å². The zero-order valence-corrected chi connectivity index (χ0v) is 12.2. The lowest BCUT2D eigenvalue weighted by Crippen LogP contribution is -2.10. The average Bonchev–Trinajstić information content (AvgIpc) is 2.38. The number of hydrogen-bond donors (Lipinski definition) is 2. The van der Waals surface area contributed by atoms with E-state index in [2.05, 4.69) is 15.0 Å². The van der Waals surface area contributed by atoms with Crippen LogP contribution in [0.3, 0.4) is 0 Å². The number of nitrogens with zero attached hydrogens (tertiary/aromatic N) is 1. The van der Waals surface area contributed by atoms with Gasteiger partial charge in [-0.05, 0) is 36.8 Å². The standard InChI is InChI=1S/C14H17N3O2S/c1-11(12-5-4-8-15-10-12)16-13-6-3-7-14(9-13)17-20(2,18)19/h3-11,16-17H,1-2H3. The van der Waals surface area contributed by atoms with E-state index in [-0.39, 0.29) is 6.04 Å². The Morgan fingerprint density at radius 3 is 2.55 bits per heavy atom. The smallest absolute Gasteiger partial charge is 0.229 e. The van der Waals surface area contributed by atoms with Crippen LogP contribution in [0.1, 0.15) is 18.5 Å². The summed E-state index contributed by atoms with van der Waals surface area (Å²) in [6.07, 6.45) is 4.66. The third kappa shape index (κ3) is 4.24. The molecule has 0 fully saturated rings. The Morgan fingerprint density at radius 2 is 1.90 bits per heavy atom. The van der Waals surface area contributed by atoms with Crippen molar-refractivity contribution in [2.45, 2.75) is 13.0 Å². The summed E-state index contributed by atoms with van der Waals surface area (Å²) in [4.78, 5) is 4.08. The molecule has 20 heavy (non-hydrogen) atoms. The van der Waals surface area contributed by atoms with E-state index in [1.165, 1.54) is 0 Å². The molecule has 0 aliphatic carbocycles. The monoisotopic (exact) mass is 291 g/mol. The fourth-order valence-corrected chi connectivity index (χ4v) is 2.41. The van der Waals surface area contributed by atoms with E-state index in [9.17, 15) is 8.42 Å². The van der Waals surface area contributed by atoms with Gasteiger partial charge in [-0.1, -0.05) is 12.1 Å². The van der Waals surface area contributed by atoms with Crippen molar-refractivity contribution in [2.24, 2.45) is 0 Å². The number of anilines is 2. The molecule has 0 radical (unpaired) electrons. The van der Waals surface area contributed by atoms with Crippen molar-refractivity contribution in [3.63, 3.8) is 0 Å². The molecule has 1 aromatic carbocycles. The fraction of sp³-hybridized carbons (Fsp3) is 0.214. The van der Waals surface area contributed by atoms with E-state index in [1.807, 2.05) is 25.1 Å². The Kier molecular flexibility index (Phi) is 4.24. The summed E-state index contributed by atoms with van der Waals surface area (Å²) in [5, 5.41) is 3.31. The van der Waals surface area contributed by atoms with Crippen LogP contribution >= 0.6 is 0 Å². The molecule has 6 heteroatoms. The molecule has 106 valence electrons. The van der Waals surface area contributed by atoms with E-state index >= 15 is 0 Å². The molecule has 0 amide bonds. The van der Waals surface area contributed by atoms with Crippen LogP contribution in [-0.2, 0) is 10.0 Å². The SMILES string of the molecule is CC(Nc1cccc(NS(C)(=O)=O)c1)c1cccnc1. The maximum atomic E-state index is 11.2. The van der Waals surface area contributed by atoms with Gasteiger partial charge in [0.05, 0.1) is 18.0 Å². The van der Waals surface area contributed by atoms with Gasteiger partial charge < -0.3 is 5.32 Å². The second-order valence-corrected chi connectivity index (χ2v) is 6.36. The van der Waals surface area contributed by atoms with Crippen LogP contribution in [0.15, 0.2) is 48.8 Å². The molecule has 0 bridgehead atoms. The zero-order valence-electron chi connectivity index (χ0n) is 11.4. The minimum atomic E-state index is -3.26. The molecule has 1 atom stereocenters. The number of rotatable bonds is 5. The minimum Gasteiger partial charge on any atom is -0.378 e. The van der Waals surface area contributed by atoms with Crippen LogP contribution in [0.2, 0.25) is 0 Å². The highest BCUT2D eigenvalue weighted by Gasteiger charge is 2.06. The highest BCUT2D eigenvalue weighted by Crippen LogP contribution is 2.21. The van der Waals surface area contributed by atoms with E-state index < -0.39 is 10.0 Å². The molecular formula is C14H17N3O2S. The molecule has 1 unspecified atom stereocenters.